The Labute approximate surface area is 137 Å². The molecule has 1 aliphatic heterocycles. The first-order valence-electron chi connectivity index (χ1n) is 7.05. The second-order valence-corrected chi connectivity index (χ2v) is 6.84. The SMILES string of the molecule is O=C1[C@H]2C[C@H]2C(=O)N1Cc1cnc(-c2cc(F)c(F)c(O)c2F)s1. The van der Waals surface area contributed by atoms with E-state index in [4.69, 9.17) is 0 Å². The molecule has 9 heteroatoms. The largest absolute Gasteiger partial charge is 0.503 e. The van der Waals surface area contributed by atoms with Crippen LogP contribution in [0.2, 0.25) is 0 Å². The second kappa shape index (κ2) is 5.04. The van der Waals surface area contributed by atoms with Crippen LogP contribution >= 0.6 is 11.3 Å². The number of amides is 2. The molecule has 5 nitrogen and oxygen atoms in total. The first kappa shape index (κ1) is 15.1. The zero-order valence-corrected chi connectivity index (χ0v) is 12.7. The summed E-state index contributed by atoms with van der Waals surface area (Å²) in [5.74, 6) is -6.67. The van der Waals surface area contributed by atoms with E-state index in [0.29, 0.717) is 17.4 Å². The van der Waals surface area contributed by atoms with E-state index in [0.717, 1.165) is 16.2 Å². The molecule has 0 spiro atoms. The molecule has 2 atom stereocenters. The summed E-state index contributed by atoms with van der Waals surface area (Å²) in [7, 11) is 0. The third-order valence-corrected chi connectivity index (χ3v) is 5.20. The quantitative estimate of drug-likeness (QED) is 0.679. The van der Waals surface area contributed by atoms with Crippen LogP contribution in [0, 0.1) is 29.3 Å². The maximum atomic E-state index is 13.9. The molecule has 2 heterocycles. The maximum absolute atomic E-state index is 13.9. The van der Waals surface area contributed by atoms with Crippen LogP contribution in [0.15, 0.2) is 12.3 Å². The van der Waals surface area contributed by atoms with Crippen LogP contribution in [0.5, 0.6) is 5.75 Å². The predicted molar refractivity (Wildman–Crippen MR) is 76.2 cm³/mol. The number of hydrogen-bond acceptors (Lipinski definition) is 5. The number of benzene rings is 1. The lowest BCUT2D eigenvalue weighted by Gasteiger charge is -2.14. The monoisotopic (exact) mass is 354 g/mol. The summed E-state index contributed by atoms with van der Waals surface area (Å²) in [5.41, 5.74) is -0.385. The Morgan fingerprint density at radius 1 is 1.21 bits per heavy atom. The van der Waals surface area contributed by atoms with E-state index in [1.807, 2.05) is 0 Å². The minimum absolute atomic E-state index is 0.0135. The van der Waals surface area contributed by atoms with Crippen LogP contribution in [-0.2, 0) is 16.1 Å². The Hall–Kier alpha value is -2.42. The molecule has 0 unspecified atom stereocenters. The van der Waals surface area contributed by atoms with Crippen molar-refractivity contribution in [3.8, 4) is 16.3 Å². The molecule has 1 saturated heterocycles. The Balaban J connectivity index is 1.62. The number of piperidine rings is 1. The van der Waals surface area contributed by atoms with Gasteiger partial charge in [0, 0.05) is 11.1 Å². The Bertz CT molecular complexity index is 878. The van der Waals surface area contributed by atoms with Gasteiger partial charge in [-0.15, -0.1) is 11.3 Å². The summed E-state index contributed by atoms with van der Waals surface area (Å²) >= 11 is 0.933. The number of phenolic OH excluding ortho intramolecular Hbond substituents is 1. The molecule has 2 amide bonds. The fourth-order valence-corrected chi connectivity index (χ4v) is 3.72. The summed E-state index contributed by atoms with van der Waals surface area (Å²) in [5, 5.41) is 9.27. The number of rotatable bonds is 3. The lowest BCUT2D eigenvalue weighted by molar-refractivity contribution is -0.141. The molecule has 1 aromatic carbocycles. The number of halogens is 3. The highest BCUT2D eigenvalue weighted by Gasteiger charge is 2.58. The van der Waals surface area contributed by atoms with E-state index < -0.39 is 23.2 Å². The Kier molecular flexibility index (Phi) is 3.17. The van der Waals surface area contributed by atoms with E-state index in [1.165, 1.54) is 6.20 Å². The lowest BCUT2D eigenvalue weighted by Crippen LogP contribution is -2.31. The molecule has 0 radical (unpaired) electrons. The van der Waals surface area contributed by atoms with Crippen LogP contribution in [0.1, 0.15) is 11.3 Å². The number of likely N-dealkylation sites (tertiary alicyclic amines) is 1. The van der Waals surface area contributed by atoms with Gasteiger partial charge in [0.2, 0.25) is 17.6 Å². The van der Waals surface area contributed by atoms with Gasteiger partial charge in [-0.25, -0.2) is 13.8 Å². The standard InChI is InChI=1S/C15H9F3N2O3S/c16-9-2-8(10(17)12(21)11(9)18)13-19-3-5(24-13)4-20-14(22)6-1-7(6)15(20)23/h2-3,6-7,21H,1,4H2/t6-,7+. The third-order valence-electron chi connectivity index (χ3n) is 4.19. The molecule has 2 aromatic rings. The predicted octanol–water partition coefficient (Wildman–Crippen LogP) is 2.44. The van der Waals surface area contributed by atoms with Crippen LogP contribution < -0.4 is 0 Å². The van der Waals surface area contributed by atoms with Gasteiger partial charge in [-0.2, -0.15) is 4.39 Å². The molecule has 2 aliphatic rings. The Morgan fingerprint density at radius 3 is 2.54 bits per heavy atom. The van der Waals surface area contributed by atoms with Gasteiger partial charge in [-0.05, 0) is 12.5 Å². The molecule has 1 aromatic heterocycles. The van der Waals surface area contributed by atoms with Gasteiger partial charge in [0.25, 0.3) is 0 Å². The summed E-state index contributed by atoms with van der Waals surface area (Å²) < 4.78 is 40.4. The van der Waals surface area contributed by atoms with E-state index in [2.05, 4.69) is 4.98 Å². The molecule has 1 aliphatic carbocycles. The fourth-order valence-electron chi connectivity index (χ4n) is 2.81. The summed E-state index contributed by atoms with van der Waals surface area (Å²) in [6.07, 6.45) is 1.93. The van der Waals surface area contributed by atoms with Crippen LogP contribution in [0.3, 0.4) is 0 Å². The van der Waals surface area contributed by atoms with Crippen molar-refractivity contribution in [2.45, 2.75) is 13.0 Å². The van der Waals surface area contributed by atoms with Crippen molar-refractivity contribution in [3.63, 3.8) is 0 Å². The van der Waals surface area contributed by atoms with E-state index in [-0.39, 0.29) is 40.8 Å². The van der Waals surface area contributed by atoms with E-state index in [1.54, 1.807) is 0 Å². The fraction of sp³-hybridized carbons (Fsp3) is 0.267. The number of fused-ring (bicyclic) bond motifs is 1. The number of aromatic nitrogens is 1. The van der Waals surface area contributed by atoms with Crippen molar-refractivity contribution < 1.29 is 27.9 Å². The maximum Gasteiger partial charge on any atom is 0.233 e. The van der Waals surface area contributed by atoms with E-state index >= 15 is 0 Å². The molecule has 24 heavy (non-hydrogen) atoms. The van der Waals surface area contributed by atoms with Gasteiger partial charge < -0.3 is 5.11 Å². The Morgan fingerprint density at radius 2 is 1.88 bits per heavy atom. The van der Waals surface area contributed by atoms with Crippen molar-refractivity contribution in [2.24, 2.45) is 11.8 Å². The number of nitrogens with zero attached hydrogens (tertiary/aromatic N) is 2. The van der Waals surface area contributed by atoms with Gasteiger partial charge in [0.15, 0.2) is 17.4 Å². The van der Waals surface area contributed by atoms with Gasteiger partial charge in [0.1, 0.15) is 5.01 Å². The molecule has 124 valence electrons. The highest BCUT2D eigenvalue weighted by molar-refractivity contribution is 7.15. The number of carbonyl (C=O) groups excluding carboxylic acids is 2. The topological polar surface area (TPSA) is 70.5 Å². The van der Waals surface area contributed by atoms with Crippen molar-refractivity contribution in [1.29, 1.82) is 0 Å². The highest BCUT2D eigenvalue weighted by atomic mass is 32.1. The molecular formula is C15H9F3N2O3S. The molecule has 4 rings (SSSR count). The minimum Gasteiger partial charge on any atom is -0.503 e. The number of carbonyl (C=O) groups is 2. The second-order valence-electron chi connectivity index (χ2n) is 5.73. The first-order chi connectivity index (χ1) is 11.4. The van der Waals surface area contributed by atoms with Crippen molar-refractivity contribution >= 4 is 23.2 Å². The summed E-state index contributed by atoms with van der Waals surface area (Å²) in [4.78, 5) is 29.4. The van der Waals surface area contributed by atoms with Crippen LogP contribution in [-0.4, -0.2) is 26.8 Å². The summed E-state index contributed by atoms with van der Waals surface area (Å²) in [6, 6.07) is 0.606. The average Bonchev–Trinajstić information content (AvgIpc) is 3.17. The van der Waals surface area contributed by atoms with Crippen molar-refractivity contribution in [2.75, 3.05) is 0 Å². The minimum atomic E-state index is -1.67. The molecule has 1 saturated carbocycles. The van der Waals surface area contributed by atoms with Gasteiger partial charge >= 0.3 is 0 Å². The number of hydrogen-bond donors (Lipinski definition) is 1. The number of imide groups is 1. The normalized spacial score (nSPS) is 22.2. The van der Waals surface area contributed by atoms with Gasteiger partial charge in [-0.1, -0.05) is 0 Å². The first-order valence-corrected chi connectivity index (χ1v) is 7.87. The number of aromatic hydroxyl groups is 1. The molecular weight excluding hydrogens is 345 g/mol. The smallest absolute Gasteiger partial charge is 0.233 e. The number of phenols is 1. The van der Waals surface area contributed by atoms with Crippen molar-refractivity contribution in [1.82, 2.24) is 9.88 Å². The van der Waals surface area contributed by atoms with Gasteiger partial charge in [-0.3, -0.25) is 14.5 Å². The molecule has 1 N–H and O–H groups in total. The van der Waals surface area contributed by atoms with E-state index in [9.17, 15) is 27.9 Å². The molecule has 0 bridgehead atoms. The zero-order valence-electron chi connectivity index (χ0n) is 11.9. The average molecular weight is 354 g/mol. The van der Waals surface area contributed by atoms with Crippen LogP contribution in [0.4, 0.5) is 13.2 Å². The van der Waals surface area contributed by atoms with Crippen LogP contribution in [0.25, 0.3) is 10.6 Å². The molecule has 2 fully saturated rings. The number of thiazole rings is 1. The zero-order chi connectivity index (χ0) is 17.2. The highest BCUT2D eigenvalue weighted by Crippen LogP contribution is 2.47. The third kappa shape index (κ3) is 2.11. The van der Waals surface area contributed by atoms with Crippen molar-refractivity contribution in [3.05, 3.63) is 34.6 Å². The van der Waals surface area contributed by atoms with Gasteiger partial charge in [0.05, 0.1) is 23.9 Å². The lowest BCUT2D eigenvalue weighted by atomic mass is 10.2. The summed E-state index contributed by atoms with van der Waals surface area (Å²) in [6.45, 7) is 0.0135.